The van der Waals surface area contributed by atoms with Crippen LogP contribution in [-0.2, 0) is 0 Å². The van der Waals surface area contributed by atoms with Crippen LogP contribution in [-0.4, -0.2) is 61.6 Å². The van der Waals surface area contributed by atoms with Crippen LogP contribution in [0.25, 0.3) is 0 Å². The van der Waals surface area contributed by atoms with E-state index in [1.54, 1.807) is 0 Å². The van der Waals surface area contributed by atoms with Crippen LogP contribution in [0.5, 0.6) is 0 Å². The second-order valence-corrected chi connectivity index (χ2v) is 8.77. The monoisotopic (exact) mass is 466 g/mol. The van der Waals surface area contributed by atoms with E-state index >= 15 is 0 Å². The first kappa shape index (κ1) is 20.6. The van der Waals surface area contributed by atoms with Crippen molar-refractivity contribution in [1.29, 1.82) is 0 Å². The van der Waals surface area contributed by atoms with E-state index < -0.39 is 0 Å². The zero-order chi connectivity index (χ0) is 15.9. The number of rotatable bonds is 5. The summed E-state index contributed by atoms with van der Waals surface area (Å²) in [6.45, 7) is 4.85. The van der Waals surface area contributed by atoms with Crippen LogP contribution in [0.1, 0.15) is 44.9 Å². The van der Waals surface area contributed by atoms with Crippen molar-refractivity contribution in [3.8, 4) is 0 Å². The van der Waals surface area contributed by atoms with Crippen LogP contribution >= 0.6 is 35.7 Å². The van der Waals surface area contributed by atoms with Crippen molar-refractivity contribution in [3.63, 3.8) is 0 Å². The number of hydrogen-bond acceptors (Lipinski definition) is 3. The van der Waals surface area contributed by atoms with Crippen LogP contribution in [0.3, 0.4) is 0 Å². The van der Waals surface area contributed by atoms with Crippen molar-refractivity contribution < 1.29 is 0 Å². The standard InChI is InChI=1S/C18H34N4S.HI/c1-19-18(20-12-15-7-10-23-11-8-15)21-17-6-9-22(14-17)13-16-4-2-3-5-16;/h15-17H,2-14H2,1H3,(H2,19,20,21);1H. The van der Waals surface area contributed by atoms with Crippen molar-refractivity contribution in [1.82, 2.24) is 15.5 Å². The van der Waals surface area contributed by atoms with Gasteiger partial charge in [0.1, 0.15) is 0 Å². The molecule has 3 aliphatic rings. The van der Waals surface area contributed by atoms with Gasteiger partial charge in [-0.3, -0.25) is 4.99 Å². The number of halogens is 1. The number of hydrogen-bond donors (Lipinski definition) is 2. The Kier molecular flexibility index (Phi) is 9.55. The highest BCUT2D eigenvalue weighted by molar-refractivity contribution is 14.0. The van der Waals surface area contributed by atoms with Gasteiger partial charge >= 0.3 is 0 Å². The summed E-state index contributed by atoms with van der Waals surface area (Å²) in [5, 5.41) is 7.22. The van der Waals surface area contributed by atoms with E-state index in [1.807, 2.05) is 7.05 Å². The van der Waals surface area contributed by atoms with Crippen molar-refractivity contribution in [2.75, 3.05) is 44.7 Å². The van der Waals surface area contributed by atoms with Gasteiger partial charge in [0, 0.05) is 39.3 Å². The van der Waals surface area contributed by atoms with Crippen molar-refractivity contribution in [2.45, 2.75) is 51.0 Å². The zero-order valence-corrected chi connectivity index (χ0v) is 18.3. The summed E-state index contributed by atoms with van der Waals surface area (Å²) in [5.74, 6) is 5.47. The molecule has 140 valence electrons. The Morgan fingerprint density at radius 2 is 1.83 bits per heavy atom. The molecular formula is C18H35IN4S. The van der Waals surface area contributed by atoms with Crippen molar-refractivity contribution in [3.05, 3.63) is 0 Å². The van der Waals surface area contributed by atoms with Gasteiger partial charge in [0.05, 0.1) is 0 Å². The van der Waals surface area contributed by atoms with Gasteiger partial charge in [-0.05, 0) is 55.4 Å². The Hall–Kier alpha value is 0.310. The first-order valence-corrected chi connectivity index (χ1v) is 10.8. The van der Waals surface area contributed by atoms with Crippen LogP contribution in [0.15, 0.2) is 4.99 Å². The highest BCUT2D eigenvalue weighted by atomic mass is 127. The summed E-state index contributed by atoms with van der Waals surface area (Å²) in [5.41, 5.74) is 0. The van der Waals surface area contributed by atoms with Crippen LogP contribution in [0.4, 0.5) is 0 Å². The highest BCUT2D eigenvalue weighted by Gasteiger charge is 2.26. The Morgan fingerprint density at radius 3 is 2.54 bits per heavy atom. The number of nitrogens with one attached hydrogen (secondary N) is 2. The second-order valence-electron chi connectivity index (χ2n) is 7.55. The largest absolute Gasteiger partial charge is 0.356 e. The van der Waals surface area contributed by atoms with Gasteiger partial charge in [-0.15, -0.1) is 24.0 Å². The minimum Gasteiger partial charge on any atom is -0.356 e. The van der Waals surface area contributed by atoms with E-state index in [2.05, 4.69) is 32.3 Å². The summed E-state index contributed by atoms with van der Waals surface area (Å²) in [6, 6.07) is 0.574. The van der Waals surface area contributed by atoms with Crippen molar-refractivity contribution >= 4 is 41.7 Å². The topological polar surface area (TPSA) is 39.7 Å². The molecule has 3 rings (SSSR count). The second kappa shape index (κ2) is 11.1. The number of aliphatic imine (C=N–C) groups is 1. The number of guanidine groups is 1. The molecule has 1 atom stereocenters. The molecule has 2 aliphatic heterocycles. The van der Waals surface area contributed by atoms with Crippen LogP contribution in [0, 0.1) is 11.8 Å². The molecule has 6 heteroatoms. The van der Waals surface area contributed by atoms with Crippen LogP contribution in [0.2, 0.25) is 0 Å². The molecular weight excluding hydrogens is 431 g/mol. The first-order chi connectivity index (χ1) is 11.3. The molecule has 3 fully saturated rings. The van der Waals surface area contributed by atoms with Gasteiger partial charge in [-0.1, -0.05) is 12.8 Å². The summed E-state index contributed by atoms with van der Waals surface area (Å²) in [6.07, 6.45) is 9.79. The van der Waals surface area contributed by atoms with Crippen LogP contribution < -0.4 is 10.6 Å². The fraction of sp³-hybridized carbons (Fsp3) is 0.944. The molecule has 0 radical (unpaired) electrons. The first-order valence-electron chi connectivity index (χ1n) is 9.61. The van der Waals surface area contributed by atoms with E-state index in [0.717, 1.165) is 24.3 Å². The van der Waals surface area contributed by atoms with Crippen molar-refractivity contribution in [2.24, 2.45) is 16.8 Å². The third-order valence-electron chi connectivity index (χ3n) is 5.73. The van der Waals surface area contributed by atoms with Gasteiger partial charge in [0.25, 0.3) is 0 Å². The molecule has 1 aliphatic carbocycles. The lowest BCUT2D eigenvalue weighted by Gasteiger charge is -2.24. The highest BCUT2D eigenvalue weighted by Crippen LogP contribution is 2.26. The molecule has 2 N–H and O–H groups in total. The lowest BCUT2D eigenvalue weighted by atomic mass is 10.0. The fourth-order valence-corrected chi connectivity index (χ4v) is 5.46. The normalized spacial score (nSPS) is 27.2. The SMILES string of the molecule is CN=C(NCC1CCSCC1)NC1CCN(CC2CCCC2)C1.I. The lowest BCUT2D eigenvalue weighted by Crippen LogP contribution is -2.46. The molecule has 0 spiro atoms. The Balaban J connectivity index is 0.00000208. The zero-order valence-electron chi connectivity index (χ0n) is 15.1. The third-order valence-corrected chi connectivity index (χ3v) is 6.78. The minimum absolute atomic E-state index is 0. The van der Waals surface area contributed by atoms with Gasteiger partial charge < -0.3 is 15.5 Å². The molecule has 24 heavy (non-hydrogen) atoms. The number of thioether (sulfide) groups is 1. The minimum atomic E-state index is 0. The molecule has 0 aromatic rings. The van der Waals surface area contributed by atoms with E-state index in [-0.39, 0.29) is 24.0 Å². The predicted molar refractivity (Wildman–Crippen MR) is 117 cm³/mol. The summed E-state index contributed by atoms with van der Waals surface area (Å²) in [7, 11) is 1.90. The van der Waals surface area contributed by atoms with Gasteiger partial charge in [0.2, 0.25) is 0 Å². The summed E-state index contributed by atoms with van der Waals surface area (Å²) >= 11 is 2.10. The molecule has 0 aromatic heterocycles. The average Bonchev–Trinajstić information content (AvgIpc) is 3.25. The van der Waals surface area contributed by atoms with E-state index in [9.17, 15) is 0 Å². The summed E-state index contributed by atoms with van der Waals surface area (Å²) < 4.78 is 0. The van der Waals surface area contributed by atoms with E-state index in [0.29, 0.717) is 6.04 Å². The van der Waals surface area contributed by atoms with E-state index in [4.69, 9.17) is 0 Å². The van der Waals surface area contributed by atoms with Gasteiger partial charge in [-0.2, -0.15) is 11.8 Å². The number of nitrogens with zero attached hydrogens (tertiary/aromatic N) is 2. The Labute approximate surface area is 169 Å². The molecule has 1 saturated carbocycles. The van der Waals surface area contributed by atoms with Gasteiger partial charge in [-0.25, -0.2) is 0 Å². The molecule has 2 heterocycles. The molecule has 1 unspecified atom stereocenters. The smallest absolute Gasteiger partial charge is 0.191 e. The number of likely N-dealkylation sites (tertiary alicyclic amines) is 1. The fourth-order valence-electron chi connectivity index (χ4n) is 4.25. The Morgan fingerprint density at radius 1 is 1.08 bits per heavy atom. The molecule has 0 amide bonds. The van der Waals surface area contributed by atoms with E-state index in [1.165, 1.54) is 76.1 Å². The quantitative estimate of drug-likeness (QED) is 0.371. The average molecular weight is 466 g/mol. The maximum absolute atomic E-state index is 4.43. The Bertz CT molecular complexity index is 381. The lowest BCUT2D eigenvalue weighted by molar-refractivity contribution is 0.275. The van der Waals surface area contributed by atoms with Gasteiger partial charge in [0.15, 0.2) is 5.96 Å². The molecule has 0 aromatic carbocycles. The maximum Gasteiger partial charge on any atom is 0.191 e. The molecule has 2 saturated heterocycles. The maximum atomic E-state index is 4.43. The predicted octanol–water partition coefficient (Wildman–Crippen LogP) is 3.18. The molecule has 0 bridgehead atoms. The third kappa shape index (κ3) is 6.56. The summed E-state index contributed by atoms with van der Waals surface area (Å²) in [4.78, 5) is 7.10. The molecule has 4 nitrogen and oxygen atoms in total.